The number of alkyl halides is 3. The van der Waals surface area contributed by atoms with Crippen LogP contribution in [0.2, 0.25) is 0 Å². The van der Waals surface area contributed by atoms with Gasteiger partial charge in [0.05, 0.1) is 16.8 Å². The molecule has 184 valence electrons. The van der Waals surface area contributed by atoms with Gasteiger partial charge in [0.1, 0.15) is 17.4 Å². The quantitative estimate of drug-likeness (QED) is 0.418. The lowest BCUT2D eigenvalue weighted by atomic mass is 9.86. The zero-order chi connectivity index (χ0) is 25.4. The van der Waals surface area contributed by atoms with Gasteiger partial charge in [-0.25, -0.2) is 15.0 Å². The Morgan fingerprint density at radius 3 is 2.42 bits per heavy atom. The number of carbonyl (C=O) groups excluding carboxylic acids is 2. The molecule has 3 N–H and O–H groups in total. The van der Waals surface area contributed by atoms with E-state index in [1.807, 2.05) is 6.07 Å². The summed E-state index contributed by atoms with van der Waals surface area (Å²) >= 11 is 0. The molecule has 1 saturated carbocycles. The second-order valence-corrected chi connectivity index (χ2v) is 8.62. The smallest absolute Gasteiger partial charge is 0.369 e. The SMILES string of the molecule is Nc1nccc2c(C3CCC(=O)CC3)nc(-c3ccc(C(=O)Nc4cc(C(F)(F)F)ccn4)cc3)n12. The first-order chi connectivity index (χ1) is 17.2. The minimum absolute atomic E-state index is 0.123. The molecule has 0 radical (unpaired) electrons. The number of hydrogen-bond acceptors (Lipinski definition) is 6. The van der Waals surface area contributed by atoms with Crippen LogP contribution in [0.5, 0.6) is 0 Å². The summed E-state index contributed by atoms with van der Waals surface area (Å²) in [4.78, 5) is 37.1. The second-order valence-electron chi connectivity index (χ2n) is 8.62. The van der Waals surface area contributed by atoms with Gasteiger partial charge in [0, 0.05) is 42.3 Å². The zero-order valence-corrected chi connectivity index (χ0v) is 18.9. The summed E-state index contributed by atoms with van der Waals surface area (Å²) in [7, 11) is 0. The van der Waals surface area contributed by atoms with Crippen molar-refractivity contribution in [2.45, 2.75) is 37.8 Å². The molecule has 1 amide bonds. The Labute approximate surface area is 203 Å². The number of imidazole rings is 1. The molecule has 0 saturated heterocycles. The number of nitrogen functional groups attached to an aromatic ring is 1. The molecule has 0 unspecified atom stereocenters. The Morgan fingerprint density at radius 1 is 1.03 bits per heavy atom. The molecular formula is C25H21F3N6O2. The first kappa shape index (κ1) is 23.5. The Kier molecular flexibility index (Phi) is 5.91. The molecule has 0 aliphatic heterocycles. The third kappa shape index (κ3) is 4.51. The van der Waals surface area contributed by atoms with Crippen molar-refractivity contribution in [3.05, 3.63) is 71.7 Å². The highest BCUT2D eigenvalue weighted by Crippen LogP contribution is 2.36. The number of nitrogens with two attached hydrogens (primary N) is 1. The molecule has 1 fully saturated rings. The lowest BCUT2D eigenvalue weighted by Gasteiger charge is -2.19. The number of nitrogens with one attached hydrogen (secondary N) is 1. The topological polar surface area (TPSA) is 115 Å². The summed E-state index contributed by atoms with van der Waals surface area (Å²) in [6, 6.07) is 9.91. The van der Waals surface area contributed by atoms with E-state index in [9.17, 15) is 22.8 Å². The molecule has 1 aromatic carbocycles. The lowest BCUT2D eigenvalue weighted by Crippen LogP contribution is -2.14. The van der Waals surface area contributed by atoms with Crippen LogP contribution >= 0.6 is 0 Å². The van der Waals surface area contributed by atoms with E-state index in [-0.39, 0.29) is 29.0 Å². The molecular weight excluding hydrogens is 473 g/mol. The Balaban J connectivity index is 1.43. The van der Waals surface area contributed by atoms with E-state index in [1.54, 1.807) is 34.9 Å². The van der Waals surface area contributed by atoms with E-state index < -0.39 is 17.6 Å². The molecule has 5 rings (SSSR count). The molecule has 11 heteroatoms. The molecule has 1 aliphatic rings. The molecule has 1 aliphatic carbocycles. The van der Waals surface area contributed by atoms with Gasteiger partial charge in [0.25, 0.3) is 5.91 Å². The monoisotopic (exact) mass is 494 g/mol. The third-order valence-electron chi connectivity index (χ3n) is 6.27. The Bertz CT molecular complexity index is 1450. The highest BCUT2D eigenvalue weighted by molar-refractivity contribution is 6.04. The second kappa shape index (κ2) is 9.06. The highest BCUT2D eigenvalue weighted by Gasteiger charge is 2.31. The van der Waals surface area contributed by atoms with Crippen LogP contribution in [0.3, 0.4) is 0 Å². The largest absolute Gasteiger partial charge is 0.416 e. The average Bonchev–Trinajstić information content (AvgIpc) is 3.25. The predicted octanol–water partition coefficient (Wildman–Crippen LogP) is 4.87. The zero-order valence-electron chi connectivity index (χ0n) is 18.9. The van der Waals surface area contributed by atoms with Crippen molar-refractivity contribution in [3.63, 3.8) is 0 Å². The number of anilines is 2. The number of rotatable bonds is 4. The summed E-state index contributed by atoms with van der Waals surface area (Å²) in [6.45, 7) is 0. The number of hydrogen-bond donors (Lipinski definition) is 2. The summed E-state index contributed by atoms with van der Waals surface area (Å²) in [5.74, 6) is 0.380. The summed E-state index contributed by atoms with van der Waals surface area (Å²) in [5.41, 5.74) is 7.84. The van der Waals surface area contributed by atoms with Gasteiger partial charge in [0.2, 0.25) is 5.95 Å². The number of benzene rings is 1. The van der Waals surface area contributed by atoms with Crippen molar-refractivity contribution in [2.24, 2.45) is 0 Å². The van der Waals surface area contributed by atoms with E-state index in [2.05, 4.69) is 15.3 Å². The van der Waals surface area contributed by atoms with Gasteiger partial charge in [-0.05, 0) is 43.2 Å². The van der Waals surface area contributed by atoms with E-state index in [0.717, 1.165) is 42.4 Å². The van der Waals surface area contributed by atoms with Crippen molar-refractivity contribution < 1.29 is 22.8 Å². The summed E-state index contributed by atoms with van der Waals surface area (Å²) in [5, 5.41) is 2.39. The molecule has 4 aromatic rings. The normalized spacial score (nSPS) is 14.8. The molecule has 36 heavy (non-hydrogen) atoms. The predicted molar refractivity (Wildman–Crippen MR) is 126 cm³/mol. The van der Waals surface area contributed by atoms with Crippen LogP contribution in [0, 0.1) is 0 Å². The fraction of sp³-hybridized carbons (Fsp3) is 0.240. The van der Waals surface area contributed by atoms with Crippen LogP contribution in [0.4, 0.5) is 24.9 Å². The van der Waals surface area contributed by atoms with Crippen molar-refractivity contribution in [1.29, 1.82) is 0 Å². The van der Waals surface area contributed by atoms with Gasteiger partial charge in [-0.15, -0.1) is 0 Å². The van der Waals surface area contributed by atoms with Crippen molar-refractivity contribution in [3.8, 4) is 11.4 Å². The average molecular weight is 494 g/mol. The maximum atomic E-state index is 12.9. The Morgan fingerprint density at radius 2 is 1.72 bits per heavy atom. The van der Waals surface area contributed by atoms with E-state index in [0.29, 0.717) is 24.2 Å². The van der Waals surface area contributed by atoms with E-state index >= 15 is 0 Å². The van der Waals surface area contributed by atoms with Crippen LogP contribution in [0.1, 0.15) is 53.2 Å². The number of ketones is 1. The lowest BCUT2D eigenvalue weighted by molar-refractivity contribution is -0.137. The standard InChI is InChI=1S/C25H21F3N6O2/c26-25(27,28)17-9-11-30-20(13-17)32-23(36)16-3-1-15(2-4-16)22-33-21(14-5-7-18(35)8-6-14)19-10-12-31-24(29)34(19)22/h1-4,9-14H,5-8H2,(H2,29,31)(H,30,32,36). The van der Waals surface area contributed by atoms with Gasteiger partial charge in [0.15, 0.2) is 0 Å². The van der Waals surface area contributed by atoms with Crippen molar-refractivity contribution in [2.75, 3.05) is 11.1 Å². The molecule has 0 atom stereocenters. The number of halogens is 3. The number of aromatic nitrogens is 4. The fourth-order valence-electron chi connectivity index (χ4n) is 4.43. The number of fused-ring (bicyclic) bond motifs is 1. The molecule has 8 nitrogen and oxygen atoms in total. The molecule has 0 bridgehead atoms. The summed E-state index contributed by atoms with van der Waals surface area (Å²) < 4.78 is 40.5. The van der Waals surface area contributed by atoms with Gasteiger partial charge in [-0.2, -0.15) is 13.2 Å². The first-order valence-electron chi connectivity index (χ1n) is 11.3. The van der Waals surface area contributed by atoms with Crippen LogP contribution in [0.25, 0.3) is 16.9 Å². The number of amides is 1. The van der Waals surface area contributed by atoms with Crippen LogP contribution < -0.4 is 11.1 Å². The van der Waals surface area contributed by atoms with E-state index in [1.165, 1.54) is 0 Å². The Hall–Kier alpha value is -4.28. The van der Waals surface area contributed by atoms with Crippen molar-refractivity contribution in [1.82, 2.24) is 19.4 Å². The number of pyridine rings is 1. The van der Waals surface area contributed by atoms with E-state index in [4.69, 9.17) is 10.7 Å². The first-order valence-corrected chi connectivity index (χ1v) is 11.3. The van der Waals surface area contributed by atoms with Crippen molar-refractivity contribution >= 4 is 29.0 Å². The third-order valence-corrected chi connectivity index (χ3v) is 6.27. The van der Waals surface area contributed by atoms with Gasteiger partial charge < -0.3 is 11.1 Å². The van der Waals surface area contributed by atoms with Crippen LogP contribution in [-0.2, 0) is 11.0 Å². The number of carbonyl (C=O) groups is 2. The molecule has 3 heterocycles. The number of nitrogens with zero attached hydrogens (tertiary/aromatic N) is 4. The molecule has 3 aromatic heterocycles. The molecule has 0 spiro atoms. The minimum atomic E-state index is -4.54. The van der Waals surface area contributed by atoms with Crippen LogP contribution in [0.15, 0.2) is 54.9 Å². The van der Waals surface area contributed by atoms with Gasteiger partial charge in [-0.1, -0.05) is 12.1 Å². The van der Waals surface area contributed by atoms with Gasteiger partial charge >= 0.3 is 6.18 Å². The highest BCUT2D eigenvalue weighted by atomic mass is 19.4. The van der Waals surface area contributed by atoms with Gasteiger partial charge in [-0.3, -0.25) is 14.0 Å². The fourth-order valence-corrected chi connectivity index (χ4v) is 4.43. The maximum absolute atomic E-state index is 12.9. The minimum Gasteiger partial charge on any atom is -0.369 e. The summed E-state index contributed by atoms with van der Waals surface area (Å²) in [6.07, 6.45) is 0.534. The maximum Gasteiger partial charge on any atom is 0.416 e. The van der Waals surface area contributed by atoms with Crippen LogP contribution in [-0.4, -0.2) is 31.0 Å². The number of Topliss-reactive ketones (excluding diaryl/α,β-unsaturated/α-hetero) is 1.